The van der Waals surface area contributed by atoms with E-state index in [1.807, 2.05) is 45.8 Å². The van der Waals surface area contributed by atoms with Gasteiger partial charge in [0.2, 0.25) is 0 Å². The molecule has 0 saturated heterocycles. The zero-order chi connectivity index (χ0) is 10.1. The van der Waals surface area contributed by atoms with Crippen LogP contribution >= 0.6 is 0 Å². The molecule has 2 unspecified atom stereocenters. The molecule has 0 aliphatic rings. The first-order valence-corrected chi connectivity index (χ1v) is 4.28. The van der Waals surface area contributed by atoms with Gasteiger partial charge in [0, 0.05) is 0 Å². The van der Waals surface area contributed by atoms with E-state index in [0.717, 1.165) is 0 Å². The van der Waals surface area contributed by atoms with Gasteiger partial charge >= 0.3 is 0 Å². The summed E-state index contributed by atoms with van der Waals surface area (Å²) >= 11 is 0. The fourth-order valence-corrected chi connectivity index (χ4v) is 0.903. The van der Waals surface area contributed by atoms with Crippen molar-refractivity contribution in [3.05, 3.63) is 12.7 Å². The van der Waals surface area contributed by atoms with Crippen LogP contribution in [0.2, 0.25) is 0 Å². The monoisotopic (exact) mass is 174 g/mol. The smallest absolute Gasteiger partial charge is 0.0949 e. The van der Waals surface area contributed by atoms with Gasteiger partial charge in [-0.1, -0.05) is 19.9 Å². The maximum absolute atomic E-state index is 5.01. The van der Waals surface area contributed by atoms with Gasteiger partial charge in [0.15, 0.2) is 0 Å². The highest BCUT2D eigenvalue weighted by molar-refractivity contribution is 4.89. The molecule has 0 fully saturated rings. The number of rotatable bonds is 4. The molecule has 0 aromatic rings. The fourth-order valence-electron chi connectivity index (χ4n) is 0.903. The second-order valence-electron chi connectivity index (χ2n) is 2.53. The molecule has 74 valence electrons. The van der Waals surface area contributed by atoms with E-state index in [0.29, 0.717) is 0 Å². The summed E-state index contributed by atoms with van der Waals surface area (Å²) in [6.07, 6.45) is 1.81. The van der Waals surface area contributed by atoms with Crippen LogP contribution in [0.25, 0.3) is 0 Å². The topological polar surface area (TPSA) is 38.5 Å². The third kappa shape index (κ3) is 5.29. The molecule has 3 nitrogen and oxygen atoms in total. The summed E-state index contributed by atoms with van der Waals surface area (Å²) in [5.41, 5.74) is 0. The van der Waals surface area contributed by atoms with Crippen molar-refractivity contribution in [1.82, 2.24) is 4.90 Å². The van der Waals surface area contributed by atoms with Crippen molar-refractivity contribution >= 4 is 0 Å². The second kappa shape index (κ2) is 8.71. The molecule has 0 spiro atoms. The Morgan fingerprint density at radius 3 is 1.92 bits per heavy atom. The Morgan fingerprint density at radius 1 is 1.42 bits per heavy atom. The highest BCUT2D eigenvalue weighted by Crippen LogP contribution is 2.02. The van der Waals surface area contributed by atoms with Crippen LogP contribution in [0.15, 0.2) is 12.7 Å². The molecule has 0 aromatic carbocycles. The van der Waals surface area contributed by atoms with Crippen molar-refractivity contribution < 1.29 is 4.84 Å². The average Bonchev–Trinajstić information content (AvgIpc) is 2.08. The van der Waals surface area contributed by atoms with Gasteiger partial charge in [-0.15, -0.1) is 6.58 Å². The van der Waals surface area contributed by atoms with E-state index in [2.05, 4.69) is 11.4 Å². The first-order valence-electron chi connectivity index (χ1n) is 4.28. The molecule has 0 aliphatic carbocycles. The quantitative estimate of drug-likeness (QED) is 0.517. The Balaban J connectivity index is 0. The minimum absolute atomic E-state index is 0.00694. The van der Waals surface area contributed by atoms with Gasteiger partial charge in [-0.25, -0.2) is 5.90 Å². The highest BCUT2D eigenvalue weighted by atomic mass is 16.6. The van der Waals surface area contributed by atoms with Crippen molar-refractivity contribution in [2.24, 2.45) is 5.90 Å². The molecule has 0 bridgehead atoms. The summed E-state index contributed by atoms with van der Waals surface area (Å²) in [5, 5.41) is 0. The Hall–Kier alpha value is -0.380. The minimum Gasteiger partial charge on any atom is -0.301 e. The van der Waals surface area contributed by atoms with E-state index in [4.69, 9.17) is 5.90 Å². The lowest BCUT2D eigenvalue weighted by atomic mass is 10.2. The van der Waals surface area contributed by atoms with Gasteiger partial charge in [0.05, 0.1) is 12.1 Å². The largest absolute Gasteiger partial charge is 0.301 e. The molecule has 3 heteroatoms. The lowest BCUT2D eigenvalue weighted by Gasteiger charge is -2.24. The van der Waals surface area contributed by atoms with Gasteiger partial charge in [-0.05, 0) is 21.0 Å². The molecule has 0 rings (SSSR count). The Bertz CT molecular complexity index is 105. The summed E-state index contributed by atoms with van der Waals surface area (Å²) in [6, 6.07) is 0.185. The Morgan fingerprint density at radius 2 is 1.83 bits per heavy atom. The molecular formula is C9H22N2O. The number of likely N-dealkylation sites (N-methyl/N-ethyl adjacent to an activating group) is 1. The molecule has 0 radical (unpaired) electrons. The molecule has 0 heterocycles. The summed E-state index contributed by atoms with van der Waals surface area (Å²) in [6.45, 7) is 9.58. The molecule has 2 atom stereocenters. The number of hydrogen-bond acceptors (Lipinski definition) is 3. The standard InChI is InChI=1S/C7H16N2O.C2H6/c1-5-7(9(3)4)6(2)10-8;1-2/h5-7H,1,8H2,2-4H3;1-2H3. The third-order valence-electron chi connectivity index (χ3n) is 1.53. The van der Waals surface area contributed by atoms with Gasteiger partial charge in [0.25, 0.3) is 0 Å². The van der Waals surface area contributed by atoms with Crippen LogP contribution in [0, 0.1) is 0 Å². The number of hydrogen-bond donors (Lipinski definition) is 1. The second-order valence-corrected chi connectivity index (χ2v) is 2.53. The van der Waals surface area contributed by atoms with Crippen LogP contribution in [-0.2, 0) is 4.84 Å². The summed E-state index contributed by atoms with van der Waals surface area (Å²) in [7, 11) is 3.92. The van der Waals surface area contributed by atoms with Gasteiger partial charge in [-0.2, -0.15) is 0 Å². The third-order valence-corrected chi connectivity index (χ3v) is 1.53. The van der Waals surface area contributed by atoms with Crippen molar-refractivity contribution in [3.63, 3.8) is 0 Å². The van der Waals surface area contributed by atoms with Gasteiger partial charge in [-0.3, -0.25) is 4.84 Å². The zero-order valence-corrected chi connectivity index (χ0v) is 8.87. The Labute approximate surface area is 76.1 Å². The van der Waals surface area contributed by atoms with Crippen LogP contribution in [-0.4, -0.2) is 31.1 Å². The van der Waals surface area contributed by atoms with Crippen LogP contribution in [0.1, 0.15) is 20.8 Å². The van der Waals surface area contributed by atoms with E-state index in [1.54, 1.807) is 0 Å². The summed E-state index contributed by atoms with van der Waals surface area (Å²) in [5.74, 6) is 5.01. The predicted molar refractivity (Wildman–Crippen MR) is 53.8 cm³/mol. The molecule has 0 saturated carbocycles. The zero-order valence-electron chi connectivity index (χ0n) is 8.87. The minimum atomic E-state index is -0.00694. The summed E-state index contributed by atoms with van der Waals surface area (Å²) in [4.78, 5) is 6.66. The van der Waals surface area contributed by atoms with Crippen molar-refractivity contribution in [3.8, 4) is 0 Å². The van der Waals surface area contributed by atoms with Gasteiger partial charge in [0.1, 0.15) is 0 Å². The van der Waals surface area contributed by atoms with Crippen molar-refractivity contribution in [2.45, 2.75) is 32.9 Å². The van der Waals surface area contributed by atoms with Crippen LogP contribution in [0.4, 0.5) is 0 Å². The highest BCUT2D eigenvalue weighted by Gasteiger charge is 2.14. The maximum Gasteiger partial charge on any atom is 0.0949 e. The molecule has 0 aromatic heterocycles. The van der Waals surface area contributed by atoms with E-state index in [9.17, 15) is 0 Å². The fraction of sp³-hybridized carbons (Fsp3) is 0.778. The molecule has 0 aliphatic heterocycles. The first kappa shape index (κ1) is 14.2. The number of nitrogens with zero attached hydrogens (tertiary/aromatic N) is 1. The van der Waals surface area contributed by atoms with Crippen molar-refractivity contribution in [1.29, 1.82) is 0 Å². The van der Waals surface area contributed by atoms with E-state index in [1.165, 1.54) is 0 Å². The molecule has 12 heavy (non-hydrogen) atoms. The van der Waals surface area contributed by atoms with E-state index < -0.39 is 0 Å². The van der Waals surface area contributed by atoms with Crippen LogP contribution in [0.3, 0.4) is 0 Å². The molecular weight excluding hydrogens is 152 g/mol. The SMILES string of the molecule is C=CC(C(C)ON)N(C)C.CC. The van der Waals surface area contributed by atoms with Gasteiger partial charge < -0.3 is 4.90 Å². The van der Waals surface area contributed by atoms with Crippen LogP contribution < -0.4 is 5.90 Å². The normalized spacial score (nSPS) is 14.6. The van der Waals surface area contributed by atoms with E-state index in [-0.39, 0.29) is 12.1 Å². The summed E-state index contributed by atoms with van der Waals surface area (Å²) < 4.78 is 0. The Kier molecular flexibility index (Phi) is 10.3. The lowest BCUT2D eigenvalue weighted by molar-refractivity contribution is 0.0251. The lowest BCUT2D eigenvalue weighted by Crippen LogP contribution is -2.38. The molecule has 2 N–H and O–H groups in total. The first-order chi connectivity index (χ1) is 5.63. The maximum atomic E-state index is 5.01. The van der Waals surface area contributed by atoms with Crippen LogP contribution in [0.5, 0.6) is 0 Å². The molecule has 0 amide bonds. The van der Waals surface area contributed by atoms with E-state index >= 15 is 0 Å². The number of nitrogens with two attached hydrogens (primary N) is 1. The predicted octanol–water partition coefficient (Wildman–Crippen LogP) is 1.41. The van der Waals surface area contributed by atoms with Crippen molar-refractivity contribution in [2.75, 3.05) is 14.1 Å². The average molecular weight is 174 g/mol.